The molecule has 0 spiro atoms. The number of fused-ring (bicyclic) bond motifs is 1. The van der Waals surface area contributed by atoms with Crippen LogP contribution in [-0.4, -0.2) is 29.9 Å². The minimum Gasteiger partial charge on any atom is -0.478 e. The average Bonchev–Trinajstić information content (AvgIpc) is 3.39. The number of ether oxygens (including phenoxy) is 1. The van der Waals surface area contributed by atoms with E-state index in [1.54, 1.807) is 29.2 Å². The van der Waals surface area contributed by atoms with E-state index in [0.29, 0.717) is 36.7 Å². The molecule has 3 aromatic rings. The summed E-state index contributed by atoms with van der Waals surface area (Å²) in [5, 5.41) is 3.05. The van der Waals surface area contributed by atoms with Gasteiger partial charge in [0.25, 0.3) is 11.8 Å². The fourth-order valence-corrected chi connectivity index (χ4v) is 3.43. The number of amides is 2. The van der Waals surface area contributed by atoms with Gasteiger partial charge in [0.15, 0.2) is 5.69 Å². The van der Waals surface area contributed by atoms with Gasteiger partial charge in [0.05, 0.1) is 23.5 Å². The van der Waals surface area contributed by atoms with Crippen LogP contribution in [0.15, 0.2) is 53.3 Å². The molecule has 0 bridgehead atoms. The maximum Gasteiger partial charge on any atom is 0.275 e. The number of hydrogen-bond donors (Lipinski definition) is 1. The number of carbonyl (C=O) groups is 2. The second-order valence-corrected chi connectivity index (χ2v) is 6.84. The maximum absolute atomic E-state index is 12.6. The number of anilines is 2. The first-order chi connectivity index (χ1) is 14.1. The van der Waals surface area contributed by atoms with E-state index in [4.69, 9.17) is 20.8 Å². The van der Waals surface area contributed by atoms with Crippen LogP contribution in [0.3, 0.4) is 0 Å². The molecule has 7 nitrogen and oxygen atoms in total. The standard InChI is InChI=1S/C21H18ClN3O4/c1-2-29-18-6-4-16(22)19(24-18)20(26)23-15-3-5-17-13(11-15)7-9-25(17)21(27)14-8-10-28-12-14/h3-6,8,10-12H,2,7,9H2,1H3,(H,23,26). The molecule has 3 heterocycles. The first-order valence-electron chi connectivity index (χ1n) is 9.14. The Balaban J connectivity index is 1.52. The predicted octanol–water partition coefficient (Wildman–Crippen LogP) is 4.18. The number of rotatable bonds is 5. The van der Waals surface area contributed by atoms with E-state index in [-0.39, 0.29) is 16.6 Å². The Kier molecular flexibility index (Phi) is 5.22. The summed E-state index contributed by atoms with van der Waals surface area (Å²) in [6, 6.07) is 10.3. The van der Waals surface area contributed by atoms with Gasteiger partial charge in [-0.25, -0.2) is 4.98 Å². The summed E-state index contributed by atoms with van der Waals surface area (Å²) in [5.41, 5.74) is 3.00. The number of furan rings is 1. The van der Waals surface area contributed by atoms with Crippen molar-refractivity contribution in [3.05, 3.63) is 70.8 Å². The highest BCUT2D eigenvalue weighted by Crippen LogP contribution is 2.32. The molecule has 0 atom stereocenters. The molecule has 29 heavy (non-hydrogen) atoms. The normalized spacial score (nSPS) is 12.6. The number of hydrogen-bond acceptors (Lipinski definition) is 5. The predicted molar refractivity (Wildman–Crippen MR) is 109 cm³/mol. The summed E-state index contributed by atoms with van der Waals surface area (Å²) in [6.45, 7) is 2.84. The van der Waals surface area contributed by atoms with E-state index in [0.717, 1.165) is 11.3 Å². The minimum atomic E-state index is -0.430. The third kappa shape index (κ3) is 3.82. The second kappa shape index (κ2) is 7.97. The van der Waals surface area contributed by atoms with Crippen molar-refractivity contribution in [2.45, 2.75) is 13.3 Å². The van der Waals surface area contributed by atoms with Crippen LogP contribution < -0.4 is 15.0 Å². The summed E-state index contributed by atoms with van der Waals surface area (Å²) in [6.07, 6.45) is 3.60. The van der Waals surface area contributed by atoms with Gasteiger partial charge in [0.1, 0.15) is 6.26 Å². The third-order valence-electron chi connectivity index (χ3n) is 4.57. The molecule has 1 aliphatic rings. The lowest BCUT2D eigenvalue weighted by Crippen LogP contribution is -2.28. The molecule has 0 saturated carbocycles. The van der Waals surface area contributed by atoms with Gasteiger partial charge in [-0.1, -0.05) is 11.6 Å². The van der Waals surface area contributed by atoms with Crippen LogP contribution in [-0.2, 0) is 6.42 Å². The van der Waals surface area contributed by atoms with Gasteiger partial charge in [-0.3, -0.25) is 9.59 Å². The third-order valence-corrected chi connectivity index (χ3v) is 4.88. The van der Waals surface area contributed by atoms with Crippen molar-refractivity contribution < 1.29 is 18.7 Å². The van der Waals surface area contributed by atoms with Gasteiger partial charge in [-0.2, -0.15) is 0 Å². The zero-order valence-corrected chi connectivity index (χ0v) is 16.4. The highest BCUT2D eigenvalue weighted by Gasteiger charge is 2.26. The average molecular weight is 412 g/mol. The summed E-state index contributed by atoms with van der Waals surface area (Å²) in [5.74, 6) is -0.205. The van der Waals surface area contributed by atoms with Crippen molar-refractivity contribution in [2.75, 3.05) is 23.4 Å². The minimum absolute atomic E-state index is 0.0925. The van der Waals surface area contributed by atoms with E-state index in [2.05, 4.69) is 10.3 Å². The van der Waals surface area contributed by atoms with Crippen LogP contribution in [0.25, 0.3) is 0 Å². The molecule has 0 aliphatic carbocycles. The Morgan fingerprint density at radius 2 is 2.14 bits per heavy atom. The maximum atomic E-state index is 12.6. The van der Waals surface area contributed by atoms with Crippen LogP contribution in [0, 0.1) is 0 Å². The van der Waals surface area contributed by atoms with Crippen LogP contribution in [0.2, 0.25) is 5.02 Å². The largest absolute Gasteiger partial charge is 0.478 e. The fraction of sp³-hybridized carbons (Fsp3) is 0.190. The first kappa shape index (κ1) is 19.0. The smallest absolute Gasteiger partial charge is 0.275 e. The highest BCUT2D eigenvalue weighted by molar-refractivity contribution is 6.34. The van der Waals surface area contributed by atoms with E-state index in [9.17, 15) is 9.59 Å². The molecule has 4 rings (SSSR count). The summed E-state index contributed by atoms with van der Waals surface area (Å²) in [7, 11) is 0. The van der Waals surface area contributed by atoms with Crippen molar-refractivity contribution >= 4 is 34.8 Å². The molecule has 8 heteroatoms. The van der Waals surface area contributed by atoms with E-state index < -0.39 is 5.91 Å². The number of benzene rings is 1. The molecule has 0 unspecified atom stereocenters. The highest BCUT2D eigenvalue weighted by atomic mass is 35.5. The van der Waals surface area contributed by atoms with Crippen LogP contribution in [0.4, 0.5) is 11.4 Å². The molecule has 0 radical (unpaired) electrons. The second-order valence-electron chi connectivity index (χ2n) is 6.43. The Morgan fingerprint density at radius 3 is 2.90 bits per heavy atom. The van der Waals surface area contributed by atoms with Crippen molar-refractivity contribution in [3.63, 3.8) is 0 Å². The van der Waals surface area contributed by atoms with Gasteiger partial charge in [-0.05, 0) is 49.2 Å². The SMILES string of the molecule is CCOc1ccc(Cl)c(C(=O)Nc2ccc3c(c2)CCN3C(=O)c2ccoc2)n1. The Bertz CT molecular complexity index is 1070. The van der Waals surface area contributed by atoms with E-state index in [1.165, 1.54) is 12.5 Å². The number of nitrogens with one attached hydrogen (secondary N) is 1. The number of carbonyl (C=O) groups excluding carboxylic acids is 2. The molecule has 2 aromatic heterocycles. The quantitative estimate of drug-likeness (QED) is 0.680. The van der Waals surface area contributed by atoms with E-state index in [1.807, 2.05) is 19.1 Å². The van der Waals surface area contributed by atoms with Gasteiger partial charge in [-0.15, -0.1) is 0 Å². The molecule has 148 valence electrons. The van der Waals surface area contributed by atoms with Crippen molar-refractivity contribution in [2.24, 2.45) is 0 Å². The van der Waals surface area contributed by atoms with Gasteiger partial charge in [0, 0.05) is 24.0 Å². The zero-order valence-electron chi connectivity index (χ0n) is 15.6. The molecule has 1 aliphatic heterocycles. The molecule has 1 N–H and O–H groups in total. The monoisotopic (exact) mass is 411 g/mol. The Hall–Kier alpha value is -3.32. The Labute approximate surface area is 172 Å². The molecule has 0 saturated heterocycles. The van der Waals surface area contributed by atoms with Gasteiger partial charge < -0.3 is 19.4 Å². The van der Waals surface area contributed by atoms with Gasteiger partial charge in [0.2, 0.25) is 5.88 Å². The number of aromatic nitrogens is 1. The Morgan fingerprint density at radius 1 is 1.28 bits per heavy atom. The molecule has 1 aromatic carbocycles. The lowest BCUT2D eigenvalue weighted by molar-refractivity contribution is 0.0986. The zero-order chi connectivity index (χ0) is 20.4. The molecule has 0 fully saturated rings. The van der Waals surface area contributed by atoms with Crippen molar-refractivity contribution in [1.82, 2.24) is 4.98 Å². The fourth-order valence-electron chi connectivity index (χ4n) is 3.23. The number of nitrogens with zero attached hydrogens (tertiary/aromatic N) is 2. The lowest BCUT2D eigenvalue weighted by Gasteiger charge is -2.16. The molecule has 2 amide bonds. The lowest BCUT2D eigenvalue weighted by atomic mass is 10.1. The number of pyridine rings is 1. The summed E-state index contributed by atoms with van der Waals surface area (Å²) >= 11 is 6.12. The van der Waals surface area contributed by atoms with Crippen LogP contribution >= 0.6 is 11.6 Å². The van der Waals surface area contributed by atoms with Gasteiger partial charge >= 0.3 is 0 Å². The van der Waals surface area contributed by atoms with Crippen molar-refractivity contribution in [3.8, 4) is 5.88 Å². The first-order valence-corrected chi connectivity index (χ1v) is 9.52. The van der Waals surface area contributed by atoms with E-state index >= 15 is 0 Å². The molecular weight excluding hydrogens is 394 g/mol. The van der Waals surface area contributed by atoms with Crippen molar-refractivity contribution in [1.29, 1.82) is 0 Å². The summed E-state index contributed by atoms with van der Waals surface area (Å²) < 4.78 is 10.3. The number of halogens is 1. The topological polar surface area (TPSA) is 84.7 Å². The van der Waals surface area contributed by atoms with Crippen LogP contribution in [0.1, 0.15) is 33.3 Å². The van der Waals surface area contributed by atoms with Crippen LogP contribution in [0.5, 0.6) is 5.88 Å². The molecular formula is C21H18ClN3O4. The summed E-state index contributed by atoms with van der Waals surface area (Å²) in [4.78, 5) is 31.1.